The molecule has 10 heteroatoms. The number of anilines is 1. The van der Waals surface area contributed by atoms with Crippen molar-refractivity contribution in [2.45, 2.75) is 18.1 Å². The van der Waals surface area contributed by atoms with E-state index in [4.69, 9.17) is 21.1 Å². The second-order valence-corrected chi connectivity index (χ2v) is 9.99. The van der Waals surface area contributed by atoms with Crippen LogP contribution in [0.5, 0.6) is 5.75 Å². The van der Waals surface area contributed by atoms with Crippen LogP contribution in [0.4, 0.5) is 11.4 Å². The van der Waals surface area contributed by atoms with E-state index >= 15 is 0 Å². The lowest BCUT2D eigenvalue weighted by atomic mass is 10.1. The summed E-state index contributed by atoms with van der Waals surface area (Å²) in [6.07, 6.45) is 0.627. The van der Waals surface area contributed by atoms with Gasteiger partial charge < -0.3 is 14.8 Å². The Labute approximate surface area is 230 Å². The highest BCUT2D eigenvalue weighted by Crippen LogP contribution is 2.31. The number of rotatable bonds is 8. The molecule has 1 atom stereocenters. The first kappa shape index (κ1) is 27.2. The van der Waals surface area contributed by atoms with E-state index < -0.39 is 11.2 Å². The number of thioether (sulfide) groups is 1. The van der Waals surface area contributed by atoms with Gasteiger partial charge in [-0.3, -0.25) is 14.5 Å². The van der Waals surface area contributed by atoms with Gasteiger partial charge in [0.2, 0.25) is 11.8 Å². The predicted molar refractivity (Wildman–Crippen MR) is 149 cm³/mol. The molecule has 196 valence electrons. The largest absolute Gasteiger partial charge is 0.497 e. The van der Waals surface area contributed by atoms with Crippen molar-refractivity contribution in [3.63, 3.8) is 0 Å². The minimum atomic E-state index is -0.682. The van der Waals surface area contributed by atoms with Crippen LogP contribution in [0.1, 0.15) is 22.3 Å². The van der Waals surface area contributed by atoms with Crippen LogP contribution in [0.2, 0.25) is 5.02 Å². The maximum Gasteiger partial charge on any atom is 0.337 e. The van der Waals surface area contributed by atoms with Gasteiger partial charge in [-0.15, -0.1) is 0 Å². The Hall–Kier alpha value is -3.82. The molecule has 1 aliphatic rings. The molecule has 1 aliphatic heterocycles. The van der Waals surface area contributed by atoms with Crippen molar-refractivity contribution in [3.8, 4) is 5.75 Å². The van der Waals surface area contributed by atoms with E-state index in [-0.39, 0.29) is 18.2 Å². The lowest BCUT2D eigenvalue weighted by Crippen LogP contribution is -2.46. The van der Waals surface area contributed by atoms with Crippen molar-refractivity contribution in [2.24, 2.45) is 4.99 Å². The van der Waals surface area contributed by atoms with E-state index in [0.717, 1.165) is 11.3 Å². The zero-order valence-electron chi connectivity index (χ0n) is 20.8. The van der Waals surface area contributed by atoms with Crippen LogP contribution in [-0.4, -0.2) is 53.9 Å². The quantitative estimate of drug-likeness (QED) is 0.380. The number of nitrogens with zero attached hydrogens (tertiary/aromatic N) is 2. The van der Waals surface area contributed by atoms with Crippen molar-refractivity contribution in [3.05, 3.63) is 88.9 Å². The number of amidine groups is 1. The number of methoxy groups -OCH3 is 2. The molecule has 1 saturated heterocycles. The van der Waals surface area contributed by atoms with Gasteiger partial charge in [-0.2, -0.15) is 0 Å². The molecule has 3 aromatic rings. The molecular weight excluding hydrogens is 526 g/mol. The van der Waals surface area contributed by atoms with Gasteiger partial charge in [-0.1, -0.05) is 41.6 Å². The number of amides is 2. The van der Waals surface area contributed by atoms with Crippen molar-refractivity contribution < 1.29 is 23.9 Å². The van der Waals surface area contributed by atoms with E-state index in [2.05, 4.69) is 10.3 Å². The Morgan fingerprint density at radius 3 is 2.47 bits per heavy atom. The smallest absolute Gasteiger partial charge is 0.337 e. The third-order valence-electron chi connectivity index (χ3n) is 5.82. The number of hydrogen-bond donors (Lipinski definition) is 1. The SMILES string of the molecule is COC(=O)c1ccc(NC(=O)C2CC(=O)N(CCc3ccc(OC)cc3)C(=Nc3cccc(Cl)c3)S2)cc1. The van der Waals surface area contributed by atoms with E-state index in [0.29, 0.717) is 40.1 Å². The molecule has 0 aliphatic carbocycles. The van der Waals surface area contributed by atoms with E-state index in [1.807, 2.05) is 24.3 Å². The molecule has 0 bridgehead atoms. The van der Waals surface area contributed by atoms with Crippen LogP contribution in [-0.2, 0) is 20.7 Å². The summed E-state index contributed by atoms with van der Waals surface area (Å²) in [4.78, 5) is 44.3. The summed E-state index contributed by atoms with van der Waals surface area (Å²) in [7, 11) is 2.92. The number of nitrogens with one attached hydrogen (secondary N) is 1. The van der Waals surface area contributed by atoms with Crippen molar-refractivity contribution in [1.29, 1.82) is 0 Å². The normalized spacial score (nSPS) is 16.3. The highest BCUT2D eigenvalue weighted by Gasteiger charge is 2.35. The Kier molecular flexibility index (Phi) is 9.04. The fourth-order valence-corrected chi connectivity index (χ4v) is 5.09. The zero-order valence-corrected chi connectivity index (χ0v) is 22.4. The molecule has 0 saturated carbocycles. The molecule has 8 nitrogen and oxygen atoms in total. The summed E-state index contributed by atoms with van der Waals surface area (Å²) in [5.41, 5.74) is 2.50. The Morgan fingerprint density at radius 2 is 1.82 bits per heavy atom. The molecule has 1 N–H and O–H groups in total. The second-order valence-electron chi connectivity index (χ2n) is 8.39. The van der Waals surface area contributed by atoms with Gasteiger partial charge in [-0.25, -0.2) is 9.79 Å². The van der Waals surface area contributed by atoms with Crippen molar-refractivity contribution >= 4 is 57.7 Å². The topological polar surface area (TPSA) is 97.3 Å². The molecule has 0 aromatic heterocycles. The first-order valence-electron chi connectivity index (χ1n) is 11.8. The predicted octanol–water partition coefficient (Wildman–Crippen LogP) is 5.34. The highest BCUT2D eigenvalue weighted by molar-refractivity contribution is 8.15. The number of carbonyl (C=O) groups excluding carboxylic acids is 3. The van der Waals surface area contributed by atoms with Gasteiger partial charge >= 0.3 is 5.97 Å². The molecule has 2 amide bonds. The molecule has 0 radical (unpaired) electrons. The molecule has 4 rings (SSSR count). The molecule has 1 fully saturated rings. The average Bonchev–Trinajstić information content (AvgIpc) is 2.92. The van der Waals surface area contributed by atoms with Crippen molar-refractivity contribution in [2.75, 3.05) is 26.1 Å². The fraction of sp³-hybridized carbons (Fsp3) is 0.214. The minimum Gasteiger partial charge on any atom is -0.497 e. The molecule has 1 unspecified atom stereocenters. The molecule has 1 heterocycles. The van der Waals surface area contributed by atoms with E-state index in [9.17, 15) is 14.4 Å². The first-order chi connectivity index (χ1) is 18.4. The van der Waals surface area contributed by atoms with Crippen LogP contribution in [0.25, 0.3) is 0 Å². The maximum absolute atomic E-state index is 13.3. The number of ether oxygens (including phenoxy) is 2. The summed E-state index contributed by atoms with van der Waals surface area (Å²) < 4.78 is 9.92. The van der Waals surface area contributed by atoms with Crippen LogP contribution in [0.15, 0.2) is 77.8 Å². The molecule has 0 spiro atoms. The van der Waals surface area contributed by atoms with E-state index in [1.165, 1.54) is 18.9 Å². The van der Waals surface area contributed by atoms with Gasteiger partial charge in [0.1, 0.15) is 11.0 Å². The number of halogens is 1. The van der Waals surface area contributed by atoms with Crippen LogP contribution < -0.4 is 10.1 Å². The monoisotopic (exact) mass is 551 g/mol. The number of hydrogen-bond acceptors (Lipinski definition) is 7. The van der Waals surface area contributed by atoms with Gasteiger partial charge in [0.15, 0.2) is 5.17 Å². The van der Waals surface area contributed by atoms with Crippen LogP contribution in [0.3, 0.4) is 0 Å². The summed E-state index contributed by atoms with van der Waals surface area (Å²) in [5.74, 6) is -0.231. The molecule has 3 aromatic carbocycles. The average molecular weight is 552 g/mol. The van der Waals surface area contributed by atoms with Gasteiger partial charge in [0, 0.05) is 23.7 Å². The lowest BCUT2D eigenvalue weighted by molar-refractivity contribution is -0.129. The number of carbonyl (C=O) groups is 3. The standard InChI is InChI=1S/C28H26ClN3O5S/c1-36-23-12-6-18(7-13-23)14-15-32-25(33)17-24(38-28(32)31-22-5-3-4-20(29)16-22)26(34)30-21-10-8-19(9-11-21)27(35)37-2/h3-13,16,24H,14-15,17H2,1-2H3,(H,30,34). The van der Waals surface area contributed by atoms with E-state index in [1.54, 1.807) is 60.5 Å². The summed E-state index contributed by atoms with van der Waals surface area (Å²) in [6.45, 7) is 0.404. The first-order valence-corrected chi connectivity index (χ1v) is 13.1. The molecular formula is C28H26ClN3O5S. The fourth-order valence-electron chi connectivity index (χ4n) is 3.78. The lowest BCUT2D eigenvalue weighted by Gasteiger charge is -2.32. The summed E-state index contributed by atoms with van der Waals surface area (Å²) in [6, 6.07) is 21.0. The van der Waals surface area contributed by atoms with Crippen LogP contribution >= 0.6 is 23.4 Å². The van der Waals surface area contributed by atoms with Crippen LogP contribution in [0, 0.1) is 0 Å². The number of esters is 1. The highest BCUT2D eigenvalue weighted by atomic mass is 35.5. The zero-order chi connectivity index (χ0) is 27.1. The Morgan fingerprint density at radius 1 is 1.08 bits per heavy atom. The van der Waals surface area contributed by atoms with Gasteiger partial charge in [0.25, 0.3) is 0 Å². The third kappa shape index (κ3) is 6.93. The maximum atomic E-state index is 13.3. The summed E-state index contributed by atoms with van der Waals surface area (Å²) >= 11 is 7.37. The molecule has 38 heavy (non-hydrogen) atoms. The Balaban J connectivity index is 1.51. The Bertz CT molecular complexity index is 1350. The van der Waals surface area contributed by atoms with Crippen molar-refractivity contribution in [1.82, 2.24) is 4.90 Å². The summed E-state index contributed by atoms with van der Waals surface area (Å²) in [5, 5.41) is 3.09. The second kappa shape index (κ2) is 12.6. The van der Waals surface area contributed by atoms with Gasteiger partial charge in [0.05, 0.1) is 25.5 Å². The number of benzene rings is 3. The van der Waals surface area contributed by atoms with Gasteiger partial charge in [-0.05, 0) is 66.6 Å². The minimum absolute atomic E-state index is 0.0217. The number of aliphatic imine (C=N–C) groups is 1. The third-order valence-corrected chi connectivity index (χ3v) is 7.24.